The Morgan fingerprint density at radius 1 is 0.905 bits per heavy atom. The maximum atomic E-state index is 5.76. The van der Waals surface area contributed by atoms with E-state index < -0.39 is 8.07 Å². The first kappa shape index (κ1) is 15.8. The fourth-order valence-corrected chi connectivity index (χ4v) is 6.37. The van der Waals surface area contributed by atoms with E-state index in [-0.39, 0.29) is 0 Å². The molecule has 2 rings (SSSR count). The largest absolute Gasteiger partial charge is 0.473 e. The third kappa shape index (κ3) is 3.73. The van der Waals surface area contributed by atoms with Crippen molar-refractivity contribution in [2.75, 3.05) is 0 Å². The van der Waals surface area contributed by atoms with E-state index >= 15 is 0 Å². The number of aromatic nitrogens is 1. The molecule has 1 aromatic carbocycles. The fourth-order valence-electron chi connectivity index (χ4n) is 2.87. The zero-order chi connectivity index (χ0) is 15.1. The molecular weight excluding hydrogens is 274 g/mol. The van der Waals surface area contributed by atoms with Gasteiger partial charge in [-0.25, -0.2) is 4.98 Å². The maximum absolute atomic E-state index is 5.76. The zero-order valence-electron chi connectivity index (χ0n) is 13.3. The van der Waals surface area contributed by atoms with E-state index in [9.17, 15) is 0 Å². The van der Waals surface area contributed by atoms with Crippen LogP contribution in [0.15, 0.2) is 48.7 Å². The lowest BCUT2D eigenvalue weighted by Gasteiger charge is -2.28. The molecule has 0 bridgehead atoms. The Hall–Kier alpha value is -1.61. The van der Waals surface area contributed by atoms with Crippen LogP contribution in [0.3, 0.4) is 0 Å². The average molecular weight is 299 g/mol. The monoisotopic (exact) mass is 299 g/mol. The maximum Gasteiger partial charge on any atom is 0.213 e. The summed E-state index contributed by atoms with van der Waals surface area (Å²) in [5.41, 5.74) is 1.17. The van der Waals surface area contributed by atoms with Crippen LogP contribution in [0.1, 0.15) is 26.3 Å². The van der Waals surface area contributed by atoms with Crippen molar-refractivity contribution in [1.29, 1.82) is 0 Å². The van der Waals surface area contributed by atoms with Crippen LogP contribution in [-0.4, -0.2) is 13.1 Å². The molecule has 2 nitrogen and oxygen atoms in total. The van der Waals surface area contributed by atoms with Gasteiger partial charge in [0.1, 0.15) is 6.61 Å². The minimum Gasteiger partial charge on any atom is -0.473 e. The van der Waals surface area contributed by atoms with E-state index in [0.717, 1.165) is 0 Å². The first-order valence-electron chi connectivity index (χ1n) is 7.87. The lowest BCUT2D eigenvalue weighted by molar-refractivity contribution is 0.294. The fraction of sp³-hybridized carbons (Fsp3) is 0.389. The van der Waals surface area contributed by atoms with Crippen molar-refractivity contribution in [1.82, 2.24) is 4.98 Å². The summed E-state index contributed by atoms with van der Waals surface area (Å²) < 4.78 is 5.76. The molecule has 0 spiro atoms. The second-order valence-electron chi connectivity index (χ2n) is 5.50. The normalized spacial score (nSPS) is 11.4. The predicted octanol–water partition coefficient (Wildman–Crippen LogP) is 4.38. The molecule has 0 unspecified atom stereocenters. The number of hydrogen-bond acceptors (Lipinski definition) is 2. The van der Waals surface area contributed by atoms with Crippen molar-refractivity contribution in [2.45, 2.75) is 45.5 Å². The van der Waals surface area contributed by atoms with Gasteiger partial charge in [0.25, 0.3) is 0 Å². The standard InChI is InChI=1S/C18H25NOSi/c1-4-21(5-2,6-3)17-12-13-18(19-14-17)20-15-16-10-8-7-9-11-16/h7-14H,4-6,15H2,1-3H3. The van der Waals surface area contributed by atoms with E-state index in [2.05, 4.69) is 44.0 Å². The van der Waals surface area contributed by atoms with Gasteiger partial charge in [-0.1, -0.05) is 75.3 Å². The van der Waals surface area contributed by atoms with Crippen LogP contribution in [0.2, 0.25) is 18.1 Å². The molecule has 112 valence electrons. The SMILES string of the molecule is CC[Si](CC)(CC)c1ccc(OCc2ccccc2)nc1. The zero-order valence-corrected chi connectivity index (χ0v) is 14.3. The Morgan fingerprint density at radius 2 is 1.57 bits per heavy atom. The third-order valence-electron chi connectivity index (χ3n) is 4.61. The smallest absolute Gasteiger partial charge is 0.213 e. The molecule has 1 aromatic heterocycles. The van der Waals surface area contributed by atoms with Crippen molar-refractivity contribution >= 4 is 13.3 Å². The van der Waals surface area contributed by atoms with Crippen LogP contribution >= 0.6 is 0 Å². The lowest BCUT2D eigenvalue weighted by Crippen LogP contribution is -2.45. The highest BCUT2D eigenvalue weighted by Gasteiger charge is 2.29. The van der Waals surface area contributed by atoms with Crippen LogP contribution in [0.5, 0.6) is 5.88 Å². The predicted molar refractivity (Wildman–Crippen MR) is 91.8 cm³/mol. The Kier molecular flexibility index (Phi) is 5.57. The molecular formula is C18H25NOSi. The molecule has 21 heavy (non-hydrogen) atoms. The molecule has 3 heteroatoms. The van der Waals surface area contributed by atoms with E-state index in [4.69, 9.17) is 4.74 Å². The average Bonchev–Trinajstić information content (AvgIpc) is 2.57. The number of ether oxygens (including phenoxy) is 1. The van der Waals surface area contributed by atoms with E-state index in [1.54, 1.807) is 0 Å². The summed E-state index contributed by atoms with van der Waals surface area (Å²) in [5, 5.41) is 1.46. The molecule has 0 aliphatic rings. The Morgan fingerprint density at radius 3 is 2.10 bits per heavy atom. The molecule has 0 aliphatic heterocycles. The molecule has 0 atom stereocenters. The Labute approximate surface area is 129 Å². The molecule has 0 fully saturated rings. The van der Waals surface area contributed by atoms with Gasteiger partial charge in [-0.05, 0) is 10.8 Å². The summed E-state index contributed by atoms with van der Waals surface area (Å²) in [6.45, 7) is 7.53. The van der Waals surface area contributed by atoms with Crippen molar-refractivity contribution in [3.63, 3.8) is 0 Å². The first-order valence-corrected chi connectivity index (χ1v) is 10.5. The lowest BCUT2D eigenvalue weighted by atomic mass is 10.2. The number of benzene rings is 1. The van der Waals surface area contributed by atoms with Gasteiger partial charge in [0.05, 0.1) is 8.07 Å². The molecule has 0 N–H and O–H groups in total. The summed E-state index contributed by atoms with van der Waals surface area (Å²) >= 11 is 0. The van der Waals surface area contributed by atoms with Gasteiger partial charge in [-0.15, -0.1) is 0 Å². The number of rotatable bonds is 7. The number of pyridine rings is 1. The van der Waals surface area contributed by atoms with Crippen LogP contribution in [0, 0.1) is 0 Å². The first-order chi connectivity index (χ1) is 10.2. The van der Waals surface area contributed by atoms with Gasteiger partial charge in [0.2, 0.25) is 5.88 Å². The highest BCUT2D eigenvalue weighted by Crippen LogP contribution is 2.20. The minimum absolute atomic E-state index is 0.574. The summed E-state index contributed by atoms with van der Waals surface area (Å²) in [6.07, 6.45) is 2.04. The van der Waals surface area contributed by atoms with Crippen molar-refractivity contribution in [3.8, 4) is 5.88 Å². The third-order valence-corrected chi connectivity index (χ3v) is 10.2. The topological polar surface area (TPSA) is 22.1 Å². The molecule has 2 aromatic rings. The van der Waals surface area contributed by atoms with Crippen molar-refractivity contribution in [2.24, 2.45) is 0 Å². The van der Waals surface area contributed by atoms with Crippen LogP contribution in [0.4, 0.5) is 0 Å². The highest BCUT2D eigenvalue weighted by atomic mass is 28.3. The van der Waals surface area contributed by atoms with Gasteiger partial charge in [-0.2, -0.15) is 0 Å². The molecule has 0 amide bonds. The summed E-state index contributed by atoms with van der Waals surface area (Å²) in [6, 6.07) is 18.3. The second-order valence-corrected chi connectivity index (χ2v) is 10.8. The minimum atomic E-state index is -1.32. The van der Waals surface area contributed by atoms with Crippen LogP contribution in [0.25, 0.3) is 0 Å². The highest BCUT2D eigenvalue weighted by molar-refractivity contribution is 6.91. The summed E-state index contributed by atoms with van der Waals surface area (Å²) in [5.74, 6) is 0.716. The van der Waals surface area contributed by atoms with Gasteiger partial charge < -0.3 is 4.74 Å². The van der Waals surface area contributed by atoms with E-state index in [1.807, 2.05) is 30.5 Å². The molecule has 0 aliphatic carbocycles. The van der Waals surface area contributed by atoms with Crippen molar-refractivity contribution < 1.29 is 4.74 Å². The van der Waals surface area contributed by atoms with E-state index in [1.165, 1.54) is 28.9 Å². The summed E-state index contributed by atoms with van der Waals surface area (Å²) in [4.78, 5) is 4.52. The van der Waals surface area contributed by atoms with Gasteiger partial charge in [-0.3, -0.25) is 0 Å². The number of hydrogen-bond donors (Lipinski definition) is 0. The van der Waals surface area contributed by atoms with Gasteiger partial charge in [0, 0.05) is 12.3 Å². The second kappa shape index (κ2) is 7.41. The van der Waals surface area contributed by atoms with E-state index in [0.29, 0.717) is 12.5 Å². The molecule has 1 heterocycles. The van der Waals surface area contributed by atoms with Crippen LogP contribution < -0.4 is 9.92 Å². The Bertz CT molecular complexity index is 527. The molecule has 0 saturated carbocycles. The number of nitrogens with zero attached hydrogens (tertiary/aromatic N) is 1. The summed E-state index contributed by atoms with van der Waals surface area (Å²) in [7, 11) is -1.32. The Balaban J connectivity index is 2.05. The molecule has 0 saturated heterocycles. The van der Waals surface area contributed by atoms with Crippen LogP contribution in [-0.2, 0) is 6.61 Å². The quantitative estimate of drug-likeness (QED) is 0.708. The van der Waals surface area contributed by atoms with Gasteiger partial charge >= 0.3 is 0 Å². The van der Waals surface area contributed by atoms with Crippen molar-refractivity contribution in [3.05, 3.63) is 54.2 Å². The molecule has 0 radical (unpaired) electrons. The van der Waals surface area contributed by atoms with Gasteiger partial charge in [0.15, 0.2) is 0 Å².